The molecular weight excluding hydrogens is 160 g/mol. The molecule has 0 fully saturated rings. The summed E-state index contributed by atoms with van der Waals surface area (Å²) in [5, 5.41) is 0. The number of carbonyl (C=O) groups is 1. The number of rotatable bonds is 4. The van der Waals surface area contributed by atoms with E-state index in [1.54, 1.807) is 0 Å². The van der Waals surface area contributed by atoms with E-state index < -0.39 is 0 Å². The zero-order chi connectivity index (χ0) is 9.68. The van der Waals surface area contributed by atoms with Crippen LogP contribution in [0.4, 0.5) is 0 Å². The van der Waals surface area contributed by atoms with Gasteiger partial charge in [-0.3, -0.25) is 4.79 Å². The first kappa shape index (κ1) is 9.97. The number of aldehydes is 1. The fourth-order valence-corrected chi connectivity index (χ4v) is 1.35. The predicted molar refractivity (Wildman–Crippen MR) is 55.0 cm³/mol. The fraction of sp³-hybridized carbons (Fsp3) is 0.417. The second-order valence-electron chi connectivity index (χ2n) is 3.53. The van der Waals surface area contributed by atoms with Gasteiger partial charge in [0.2, 0.25) is 0 Å². The van der Waals surface area contributed by atoms with Crippen LogP contribution in [0.15, 0.2) is 24.3 Å². The SMILES string of the molecule is CCC(C)Cc1ccccc1C=O. The van der Waals surface area contributed by atoms with Crippen molar-refractivity contribution in [2.45, 2.75) is 26.7 Å². The Morgan fingerprint density at radius 1 is 1.38 bits per heavy atom. The maximum Gasteiger partial charge on any atom is 0.150 e. The van der Waals surface area contributed by atoms with Crippen molar-refractivity contribution in [1.29, 1.82) is 0 Å². The molecule has 0 saturated carbocycles. The normalized spacial score (nSPS) is 12.5. The summed E-state index contributed by atoms with van der Waals surface area (Å²) in [7, 11) is 0. The monoisotopic (exact) mass is 176 g/mol. The van der Waals surface area contributed by atoms with Gasteiger partial charge in [0.15, 0.2) is 0 Å². The third-order valence-electron chi connectivity index (χ3n) is 2.45. The van der Waals surface area contributed by atoms with Crippen LogP contribution in [0.25, 0.3) is 0 Å². The summed E-state index contributed by atoms with van der Waals surface area (Å²) in [6.07, 6.45) is 3.11. The van der Waals surface area contributed by atoms with Crippen LogP contribution in [0, 0.1) is 5.92 Å². The van der Waals surface area contributed by atoms with Gasteiger partial charge in [-0.15, -0.1) is 0 Å². The molecule has 0 aliphatic heterocycles. The van der Waals surface area contributed by atoms with Gasteiger partial charge < -0.3 is 0 Å². The molecular formula is C12H16O. The van der Waals surface area contributed by atoms with Gasteiger partial charge in [-0.25, -0.2) is 0 Å². The first-order chi connectivity index (χ1) is 6.27. The summed E-state index contributed by atoms with van der Waals surface area (Å²) >= 11 is 0. The van der Waals surface area contributed by atoms with Gasteiger partial charge in [0, 0.05) is 5.56 Å². The van der Waals surface area contributed by atoms with Crippen molar-refractivity contribution in [3.63, 3.8) is 0 Å². The molecule has 13 heavy (non-hydrogen) atoms. The Labute approximate surface area is 79.8 Å². The highest BCUT2D eigenvalue weighted by Crippen LogP contribution is 2.14. The molecule has 0 spiro atoms. The van der Waals surface area contributed by atoms with Crippen LogP contribution in [0.1, 0.15) is 36.2 Å². The van der Waals surface area contributed by atoms with Gasteiger partial charge in [0.1, 0.15) is 6.29 Å². The Balaban J connectivity index is 2.80. The number of benzene rings is 1. The molecule has 1 heteroatoms. The van der Waals surface area contributed by atoms with Crippen molar-refractivity contribution in [1.82, 2.24) is 0 Å². The third-order valence-corrected chi connectivity index (χ3v) is 2.45. The highest BCUT2D eigenvalue weighted by molar-refractivity contribution is 5.77. The van der Waals surface area contributed by atoms with E-state index >= 15 is 0 Å². The number of hydrogen-bond donors (Lipinski definition) is 0. The van der Waals surface area contributed by atoms with Crippen LogP contribution >= 0.6 is 0 Å². The number of carbonyl (C=O) groups excluding carboxylic acids is 1. The maximum absolute atomic E-state index is 10.7. The standard InChI is InChI=1S/C12H16O/c1-3-10(2)8-11-6-4-5-7-12(11)9-13/h4-7,9-10H,3,8H2,1-2H3. The van der Waals surface area contributed by atoms with Crippen LogP contribution in [0.5, 0.6) is 0 Å². The van der Waals surface area contributed by atoms with E-state index in [1.165, 1.54) is 5.56 Å². The van der Waals surface area contributed by atoms with E-state index in [4.69, 9.17) is 0 Å². The molecule has 1 unspecified atom stereocenters. The third kappa shape index (κ3) is 2.69. The molecule has 1 nitrogen and oxygen atoms in total. The summed E-state index contributed by atoms with van der Waals surface area (Å²) in [6.45, 7) is 4.38. The average molecular weight is 176 g/mol. The van der Waals surface area contributed by atoms with E-state index in [9.17, 15) is 4.79 Å². The molecule has 0 N–H and O–H groups in total. The molecule has 0 heterocycles. The minimum atomic E-state index is 0.654. The van der Waals surface area contributed by atoms with Gasteiger partial charge in [-0.2, -0.15) is 0 Å². The van der Waals surface area contributed by atoms with Gasteiger partial charge in [-0.1, -0.05) is 44.5 Å². The molecule has 70 valence electrons. The quantitative estimate of drug-likeness (QED) is 0.644. The van der Waals surface area contributed by atoms with Crippen LogP contribution in [0.2, 0.25) is 0 Å². The van der Waals surface area contributed by atoms with Crippen molar-refractivity contribution >= 4 is 6.29 Å². The average Bonchev–Trinajstić information content (AvgIpc) is 2.18. The van der Waals surface area contributed by atoms with Crippen molar-refractivity contribution < 1.29 is 4.79 Å². The van der Waals surface area contributed by atoms with E-state index in [0.29, 0.717) is 5.92 Å². The zero-order valence-electron chi connectivity index (χ0n) is 8.29. The molecule has 0 radical (unpaired) electrons. The lowest BCUT2D eigenvalue weighted by Crippen LogP contribution is -2.00. The second-order valence-corrected chi connectivity index (χ2v) is 3.53. The van der Waals surface area contributed by atoms with E-state index in [-0.39, 0.29) is 0 Å². The van der Waals surface area contributed by atoms with Crippen molar-refractivity contribution in [2.24, 2.45) is 5.92 Å². The molecule has 0 aliphatic rings. The summed E-state index contributed by atoms with van der Waals surface area (Å²) in [5.74, 6) is 0.654. The summed E-state index contributed by atoms with van der Waals surface area (Å²) in [6, 6.07) is 7.81. The fourth-order valence-electron chi connectivity index (χ4n) is 1.35. The topological polar surface area (TPSA) is 17.1 Å². The molecule has 1 aromatic rings. The van der Waals surface area contributed by atoms with Crippen LogP contribution in [-0.2, 0) is 6.42 Å². The Bertz CT molecular complexity index is 278. The lowest BCUT2D eigenvalue weighted by Gasteiger charge is -2.09. The van der Waals surface area contributed by atoms with E-state index in [0.717, 1.165) is 24.7 Å². The van der Waals surface area contributed by atoms with Crippen molar-refractivity contribution in [2.75, 3.05) is 0 Å². The summed E-state index contributed by atoms with van der Waals surface area (Å²) in [5.41, 5.74) is 2.01. The molecule has 0 aliphatic carbocycles. The van der Waals surface area contributed by atoms with Crippen LogP contribution < -0.4 is 0 Å². The summed E-state index contributed by atoms with van der Waals surface area (Å²) < 4.78 is 0. The Morgan fingerprint density at radius 3 is 2.69 bits per heavy atom. The predicted octanol–water partition coefficient (Wildman–Crippen LogP) is 3.09. The first-order valence-corrected chi connectivity index (χ1v) is 4.81. The van der Waals surface area contributed by atoms with Crippen molar-refractivity contribution in [3.05, 3.63) is 35.4 Å². The lowest BCUT2D eigenvalue weighted by atomic mass is 9.96. The molecule has 0 bridgehead atoms. The van der Waals surface area contributed by atoms with Crippen molar-refractivity contribution in [3.8, 4) is 0 Å². The van der Waals surface area contributed by atoms with Crippen LogP contribution in [-0.4, -0.2) is 6.29 Å². The largest absolute Gasteiger partial charge is 0.298 e. The number of hydrogen-bond acceptors (Lipinski definition) is 1. The smallest absolute Gasteiger partial charge is 0.150 e. The molecule has 0 saturated heterocycles. The molecule has 1 atom stereocenters. The van der Waals surface area contributed by atoms with Gasteiger partial charge in [-0.05, 0) is 17.9 Å². The molecule has 1 rings (SSSR count). The Hall–Kier alpha value is -1.11. The van der Waals surface area contributed by atoms with Crippen LogP contribution in [0.3, 0.4) is 0 Å². The van der Waals surface area contributed by atoms with E-state index in [2.05, 4.69) is 13.8 Å². The Morgan fingerprint density at radius 2 is 2.08 bits per heavy atom. The minimum Gasteiger partial charge on any atom is -0.298 e. The van der Waals surface area contributed by atoms with Gasteiger partial charge in [0.25, 0.3) is 0 Å². The highest BCUT2D eigenvalue weighted by Gasteiger charge is 2.04. The molecule has 1 aromatic carbocycles. The second kappa shape index (κ2) is 4.80. The Kier molecular flexibility index (Phi) is 3.69. The molecule has 0 amide bonds. The highest BCUT2D eigenvalue weighted by atomic mass is 16.1. The maximum atomic E-state index is 10.7. The van der Waals surface area contributed by atoms with Gasteiger partial charge in [0.05, 0.1) is 0 Å². The summed E-state index contributed by atoms with van der Waals surface area (Å²) in [4.78, 5) is 10.7. The molecule has 0 aromatic heterocycles. The van der Waals surface area contributed by atoms with Gasteiger partial charge >= 0.3 is 0 Å². The van der Waals surface area contributed by atoms with E-state index in [1.807, 2.05) is 24.3 Å². The lowest BCUT2D eigenvalue weighted by molar-refractivity contribution is 0.112. The minimum absolute atomic E-state index is 0.654. The zero-order valence-corrected chi connectivity index (χ0v) is 8.29. The first-order valence-electron chi connectivity index (χ1n) is 4.81.